The van der Waals surface area contributed by atoms with Crippen LogP contribution in [0.4, 0.5) is 0 Å². The molecule has 0 radical (unpaired) electrons. The van der Waals surface area contributed by atoms with E-state index < -0.39 is 18.0 Å². The number of para-hydroxylation sites is 1. The highest BCUT2D eigenvalue weighted by atomic mass is 32.1. The fraction of sp³-hybridized carbons (Fsp3) is 0.259. The van der Waals surface area contributed by atoms with Crippen molar-refractivity contribution in [2.24, 2.45) is 4.99 Å². The maximum Gasteiger partial charge on any atom is 0.338 e. The van der Waals surface area contributed by atoms with Gasteiger partial charge < -0.3 is 18.9 Å². The lowest BCUT2D eigenvalue weighted by Gasteiger charge is -2.25. The number of hydrogen-bond donors (Lipinski definition) is 0. The van der Waals surface area contributed by atoms with Crippen molar-refractivity contribution in [1.82, 2.24) is 4.57 Å². The maximum atomic E-state index is 13.8. The monoisotopic (exact) mass is 522 g/mol. The molecule has 4 rings (SSSR count). The molecule has 1 aliphatic rings. The van der Waals surface area contributed by atoms with E-state index in [0.717, 1.165) is 5.56 Å². The Kier molecular flexibility index (Phi) is 7.58. The van der Waals surface area contributed by atoms with Crippen LogP contribution in [0, 0.1) is 0 Å². The molecule has 2 heterocycles. The van der Waals surface area contributed by atoms with Gasteiger partial charge in [-0.1, -0.05) is 35.6 Å². The molecule has 0 N–H and O–H groups in total. The fourth-order valence-electron chi connectivity index (χ4n) is 4.13. The van der Waals surface area contributed by atoms with Crippen LogP contribution in [0.3, 0.4) is 0 Å². The van der Waals surface area contributed by atoms with Crippen LogP contribution in [0.15, 0.2) is 63.5 Å². The number of ether oxygens (including phenoxy) is 4. The van der Waals surface area contributed by atoms with Gasteiger partial charge in [-0.2, -0.15) is 0 Å². The average Bonchev–Trinajstić information content (AvgIpc) is 3.18. The van der Waals surface area contributed by atoms with Crippen molar-refractivity contribution in [3.63, 3.8) is 0 Å². The summed E-state index contributed by atoms with van der Waals surface area (Å²) in [5.74, 6) is 0.0468. The van der Waals surface area contributed by atoms with E-state index in [9.17, 15) is 14.4 Å². The van der Waals surface area contributed by atoms with E-state index in [1.54, 1.807) is 31.2 Å². The zero-order valence-corrected chi connectivity index (χ0v) is 21.9. The van der Waals surface area contributed by atoms with Crippen LogP contribution in [-0.4, -0.2) is 37.3 Å². The number of carbonyl (C=O) groups excluding carboxylic acids is 2. The molecular formula is C27H26N2O7S. The van der Waals surface area contributed by atoms with Gasteiger partial charge in [-0.05, 0) is 43.7 Å². The average molecular weight is 523 g/mol. The minimum Gasteiger partial charge on any atom is -0.493 e. The molecular weight excluding hydrogens is 496 g/mol. The van der Waals surface area contributed by atoms with Crippen LogP contribution in [0.2, 0.25) is 0 Å². The zero-order valence-electron chi connectivity index (χ0n) is 21.1. The highest BCUT2D eigenvalue weighted by Gasteiger charge is 2.33. The first kappa shape index (κ1) is 25.9. The lowest BCUT2D eigenvalue weighted by atomic mass is 9.95. The number of aromatic nitrogens is 1. The first-order valence-electron chi connectivity index (χ1n) is 11.5. The number of methoxy groups -OCH3 is 2. The normalized spacial score (nSPS) is 15.1. The van der Waals surface area contributed by atoms with E-state index in [1.165, 1.54) is 37.0 Å². The van der Waals surface area contributed by atoms with Gasteiger partial charge in [0.15, 0.2) is 16.3 Å². The number of rotatable bonds is 7. The Morgan fingerprint density at radius 3 is 2.54 bits per heavy atom. The molecule has 3 aromatic rings. The van der Waals surface area contributed by atoms with Gasteiger partial charge in [0.2, 0.25) is 0 Å². The summed E-state index contributed by atoms with van der Waals surface area (Å²) in [6.45, 7) is 5.36. The van der Waals surface area contributed by atoms with Crippen molar-refractivity contribution in [3.8, 4) is 17.2 Å². The third kappa shape index (κ3) is 5.05. The molecule has 2 aromatic carbocycles. The first-order chi connectivity index (χ1) is 17.8. The van der Waals surface area contributed by atoms with Gasteiger partial charge in [-0.25, -0.2) is 9.79 Å². The third-order valence-electron chi connectivity index (χ3n) is 5.69. The van der Waals surface area contributed by atoms with E-state index in [4.69, 9.17) is 18.9 Å². The van der Waals surface area contributed by atoms with Crippen LogP contribution in [0.5, 0.6) is 17.2 Å². The number of thiazole rings is 1. The van der Waals surface area contributed by atoms with Gasteiger partial charge in [0.1, 0.15) is 5.75 Å². The molecule has 0 saturated heterocycles. The van der Waals surface area contributed by atoms with Crippen molar-refractivity contribution >= 4 is 29.4 Å². The van der Waals surface area contributed by atoms with Gasteiger partial charge in [0.25, 0.3) is 5.56 Å². The molecule has 10 heteroatoms. The van der Waals surface area contributed by atoms with Crippen molar-refractivity contribution in [1.29, 1.82) is 0 Å². The number of carbonyl (C=O) groups is 2. The van der Waals surface area contributed by atoms with Crippen LogP contribution < -0.4 is 29.1 Å². The number of benzene rings is 2. The summed E-state index contributed by atoms with van der Waals surface area (Å²) in [6.07, 6.45) is 1.76. The molecule has 0 bridgehead atoms. The second-order valence-corrected chi connectivity index (χ2v) is 9.06. The number of allylic oxidation sites excluding steroid dienone is 1. The largest absolute Gasteiger partial charge is 0.493 e. The Bertz CT molecular complexity index is 1580. The lowest BCUT2D eigenvalue weighted by molar-refractivity contribution is -0.136. The second kappa shape index (κ2) is 10.8. The number of fused-ring (bicyclic) bond motifs is 1. The van der Waals surface area contributed by atoms with Gasteiger partial charge in [-0.15, -0.1) is 0 Å². The molecule has 0 fully saturated rings. The Labute approximate surface area is 216 Å². The molecule has 37 heavy (non-hydrogen) atoms. The van der Waals surface area contributed by atoms with Crippen molar-refractivity contribution in [2.75, 3.05) is 20.8 Å². The van der Waals surface area contributed by atoms with E-state index in [0.29, 0.717) is 33.0 Å². The fourth-order valence-corrected chi connectivity index (χ4v) is 5.17. The summed E-state index contributed by atoms with van der Waals surface area (Å²) < 4.78 is 23.3. The highest BCUT2D eigenvalue weighted by Crippen LogP contribution is 2.36. The van der Waals surface area contributed by atoms with Crippen LogP contribution in [0.25, 0.3) is 6.08 Å². The number of nitrogens with zero attached hydrogens (tertiary/aromatic N) is 2. The van der Waals surface area contributed by atoms with E-state index >= 15 is 0 Å². The predicted octanol–water partition coefficient (Wildman–Crippen LogP) is 2.74. The molecule has 0 spiro atoms. The Morgan fingerprint density at radius 2 is 1.86 bits per heavy atom. The van der Waals surface area contributed by atoms with Gasteiger partial charge in [0, 0.05) is 12.5 Å². The SMILES string of the molecule is CCOc1ccccc1/C=c1/sc2n(c1=O)[C@@H](c1ccc(OC(C)=O)c(OC)c1)C(C(=O)OC)=C(C)N=2. The summed E-state index contributed by atoms with van der Waals surface area (Å²) in [7, 11) is 2.72. The Hall–Kier alpha value is -4.18. The quantitative estimate of drug-likeness (QED) is 0.347. The molecule has 0 aliphatic carbocycles. The van der Waals surface area contributed by atoms with Crippen molar-refractivity contribution < 1.29 is 28.5 Å². The maximum absolute atomic E-state index is 13.8. The molecule has 1 aliphatic heterocycles. The van der Waals surface area contributed by atoms with Crippen LogP contribution in [0.1, 0.15) is 37.9 Å². The van der Waals surface area contributed by atoms with E-state index in [1.807, 2.05) is 31.2 Å². The summed E-state index contributed by atoms with van der Waals surface area (Å²) >= 11 is 1.21. The minimum atomic E-state index is -0.840. The minimum absolute atomic E-state index is 0.221. The molecule has 0 amide bonds. The number of esters is 2. The Morgan fingerprint density at radius 1 is 1.11 bits per heavy atom. The molecule has 192 valence electrons. The molecule has 1 atom stereocenters. The van der Waals surface area contributed by atoms with E-state index in [-0.39, 0.29) is 22.6 Å². The topological polar surface area (TPSA) is 105 Å². The van der Waals surface area contributed by atoms with Crippen LogP contribution >= 0.6 is 11.3 Å². The van der Waals surface area contributed by atoms with Crippen LogP contribution in [-0.2, 0) is 14.3 Å². The van der Waals surface area contributed by atoms with Crippen molar-refractivity contribution in [2.45, 2.75) is 26.8 Å². The summed E-state index contributed by atoms with van der Waals surface area (Å²) in [4.78, 5) is 43.2. The zero-order chi connectivity index (χ0) is 26.7. The lowest BCUT2D eigenvalue weighted by Crippen LogP contribution is -2.39. The van der Waals surface area contributed by atoms with Gasteiger partial charge in [-0.3, -0.25) is 14.2 Å². The highest BCUT2D eigenvalue weighted by molar-refractivity contribution is 7.07. The smallest absolute Gasteiger partial charge is 0.338 e. The summed E-state index contributed by atoms with van der Waals surface area (Å²) in [6, 6.07) is 11.5. The molecule has 0 unspecified atom stereocenters. The molecule has 9 nitrogen and oxygen atoms in total. The number of hydrogen-bond acceptors (Lipinski definition) is 9. The standard InChI is InChI=1S/C27H26N2O7S/c1-6-35-19-10-8-7-9-17(19)14-22-25(31)29-24(23(26(32)34-5)15(2)28-27(29)37-22)18-11-12-20(36-16(3)30)21(13-18)33-4/h7-14,24H,6H2,1-5H3/b22-14+/t24-/m0/s1. The summed E-state index contributed by atoms with van der Waals surface area (Å²) in [5, 5.41) is 0. The van der Waals surface area contributed by atoms with E-state index in [2.05, 4.69) is 4.99 Å². The summed E-state index contributed by atoms with van der Waals surface area (Å²) in [5.41, 5.74) is 1.64. The van der Waals surface area contributed by atoms with Crippen molar-refractivity contribution in [3.05, 3.63) is 84.5 Å². The van der Waals surface area contributed by atoms with Gasteiger partial charge >= 0.3 is 11.9 Å². The first-order valence-corrected chi connectivity index (χ1v) is 12.3. The predicted molar refractivity (Wildman–Crippen MR) is 138 cm³/mol. The molecule has 1 aromatic heterocycles. The second-order valence-electron chi connectivity index (χ2n) is 8.05. The Balaban J connectivity index is 1.95. The molecule has 0 saturated carbocycles. The third-order valence-corrected chi connectivity index (χ3v) is 6.67. The van der Waals surface area contributed by atoms with Gasteiger partial charge in [0.05, 0.1) is 42.7 Å².